The van der Waals surface area contributed by atoms with Crippen LogP contribution < -0.4 is 10.6 Å². The summed E-state index contributed by atoms with van der Waals surface area (Å²) in [4.78, 5) is 20.7. The van der Waals surface area contributed by atoms with Crippen LogP contribution in [0.1, 0.15) is 35.4 Å². The van der Waals surface area contributed by atoms with Crippen LogP contribution in [0.3, 0.4) is 0 Å². The molecule has 8 heteroatoms. The van der Waals surface area contributed by atoms with E-state index in [0.717, 1.165) is 5.56 Å². The van der Waals surface area contributed by atoms with Crippen molar-refractivity contribution < 1.29 is 13.2 Å². The molecule has 1 saturated heterocycles. The normalized spacial score (nSPS) is 20.0. The Hall–Kier alpha value is -2.48. The fourth-order valence-corrected chi connectivity index (χ4v) is 4.42. The summed E-state index contributed by atoms with van der Waals surface area (Å²) in [5.74, 6) is 0.194. The molecule has 0 aliphatic carbocycles. The number of anilines is 1. The molecule has 0 radical (unpaired) electrons. The second-order valence-electron chi connectivity index (χ2n) is 6.12. The highest BCUT2D eigenvalue weighted by Crippen LogP contribution is 2.16. The molecule has 7 nitrogen and oxygen atoms in total. The Kier molecular flexibility index (Phi) is 4.98. The zero-order chi connectivity index (χ0) is 17.9. The van der Waals surface area contributed by atoms with Crippen LogP contribution in [0.5, 0.6) is 0 Å². The Morgan fingerprint density at radius 1 is 1.24 bits per heavy atom. The summed E-state index contributed by atoms with van der Waals surface area (Å²) in [6.07, 6.45) is 2.01. The van der Waals surface area contributed by atoms with Gasteiger partial charge in [-0.3, -0.25) is 4.79 Å². The van der Waals surface area contributed by atoms with Crippen LogP contribution in [-0.2, 0) is 9.84 Å². The highest BCUT2D eigenvalue weighted by molar-refractivity contribution is 7.91. The van der Waals surface area contributed by atoms with Crippen LogP contribution >= 0.6 is 0 Å². The summed E-state index contributed by atoms with van der Waals surface area (Å²) < 4.78 is 23.0. The molecule has 0 saturated carbocycles. The van der Waals surface area contributed by atoms with E-state index in [1.807, 2.05) is 37.3 Å². The molecular formula is C17H20N4O3S. The van der Waals surface area contributed by atoms with Gasteiger partial charge in [-0.25, -0.2) is 18.4 Å². The zero-order valence-corrected chi connectivity index (χ0v) is 14.7. The summed E-state index contributed by atoms with van der Waals surface area (Å²) in [6.45, 7) is 1.90. The topological polar surface area (TPSA) is 101 Å². The molecule has 0 bridgehead atoms. The molecule has 1 aromatic heterocycles. The number of sulfone groups is 1. The molecule has 1 aliphatic heterocycles. The van der Waals surface area contributed by atoms with Crippen LogP contribution in [0.15, 0.2) is 42.6 Å². The van der Waals surface area contributed by atoms with Crippen molar-refractivity contribution >= 4 is 21.7 Å². The average Bonchev–Trinajstić information content (AvgIpc) is 2.94. The van der Waals surface area contributed by atoms with Gasteiger partial charge in [0.2, 0.25) is 5.95 Å². The van der Waals surface area contributed by atoms with Gasteiger partial charge in [-0.2, -0.15) is 0 Å². The van der Waals surface area contributed by atoms with Crippen LogP contribution in [0.4, 0.5) is 5.95 Å². The first-order valence-electron chi connectivity index (χ1n) is 8.09. The molecule has 2 unspecified atom stereocenters. The molecule has 2 N–H and O–H groups in total. The van der Waals surface area contributed by atoms with Gasteiger partial charge in [0.15, 0.2) is 9.84 Å². The lowest BCUT2D eigenvalue weighted by molar-refractivity contribution is 0.0934. The van der Waals surface area contributed by atoms with Crippen molar-refractivity contribution in [2.75, 3.05) is 16.8 Å². The van der Waals surface area contributed by atoms with E-state index >= 15 is 0 Å². The number of aromatic nitrogens is 2. The van der Waals surface area contributed by atoms with Gasteiger partial charge in [-0.05, 0) is 25.0 Å². The number of nitrogens with one attached hydrogen (secondary N) is 2. The number of amides is 1. The SMILES string of the molecule is CC(NC(=O)c1ccnc(NC2CCS(=O)(=O)C2)n1)c1ccccc1. The minimum absolute atomic E-state index is 0.0673. The summed E-state index contributed by atoms with van der Waals surface area (Å²) in [6, 6.07) is 10.8. The van der Waals surface area contributed by atoms with Crippen molar-refractivity contribution in [2.45, 2.75) is 25.4 Å². The Morgan fingerprint density at radius 2 is 2.00 bits per heavy atom. The number of hydrogen-bond acceptors (Lipinski definition) is 6. The molecule has 1 aromatic carbocycles. The number of benzene rings is 1. The monoisotopic (exact) mass is 360 g/mol. The summed E-state index contributed by atoms with van der Waals surface area (Å²) in [7, 11) is -2.99. The van der Waals surface area contributed by atoms with E-state index in [-0.39, 0.29) is 41.1 Å². The Balaban J connectivity index is 1.65. The predicted octanol–water partition coefficient (Wildman–Crippen LogP) is 1.57. The summed E-state index contributed by atoms with van der Waals surface area (Å²) in [5.41, 5.74) is 1.24. The van der Waals surface area contributed by atoms with Crippen LogP contribution in [-0.4, -0.2) is 41.8 Å². The first-order valence-corrected chi connectivity index (χ1v) is 9.91. The molecule has 3 rings (SSSR count). The molecule has 2 atom stereocenters. The van der Waals surface area contributed by atoms with Crippen LogP contribution in [0, 0.1) is 0 Å². The van der Waals surface area contributed by atoms with E-state index in [0.29, 0.717) is 6.42 Å². The molecule has 1 fully saturated rings. The van der Waals surface area contributed by atoms with Gasteiger partial charge in [0, 0.05) is 12.2 Å². The second kappa shape index (κ2) is 7.18. The largest absolute Gasteiger partial charge is 0.350 e. The van der Waals surface area contributed by atoms with Gasteiger partial charge in [-0.15, -0.1) is 0 Å². The van der Waals surface area contributed by atoms with E-state index in [4.69, 9.17) is 0 Å². The van der Waals surface area contributed by atoms with Crippen molar-refractivity contribution in [3.63, 3.8) is 0 Å². The van der Waals surface area contributed by atoms with Gasteiger partial charge < -0.3 is 10.6 Å². The standard InChI is InChI=1S/C17H20N4O3S/c1-12(13-5-3-2-4-6-13)19-16(22)15-7-9-18-17(21-15)20-14-8-10-25(23,24)11-14/h2-7,9,12,14H,8,10-11H2,1H3,(H,19,22)(H,18,20,21). The molecule has 2 aromatic rings. The maximum atomic E-state index is 12.4. The van der Waals surface area contributed by atoms with E-state index in [9.17, 15) is 13.2 Å². The minimum Gasteiger partial charge on any atom is -0.350 e. The van der Waals surface area contributed by atoms with E-state index in [1.54, 1.807) is 0 Å². The molecule has 0 spiro atoms. The lowest BCUT2D eigenvalue weighted by Crippen LogP contribution is -2.28. The molecule has 2 heterocycles. The van der Waals surface area contributed by atoms with Crippen LogP contribution in [0.2, 0.25) is 0 Å². The Morgan fingerprint density at radius 3 is 2.68 bits per heavy atom. The van der Waals surface area contributed by atoms with Crippen molar-refractivity contribution in [3.8, 4) is 0 Å². The highest BCUT2D eigenvalue weighted by Gasteiger charge is 2.28. The Bertz CT molecular complexity index is 855. The van der Waals surface area contributed by atoms with Crippen LogP contribution in [0.25, 0.3) is 0 Å². The van der Waals surface area contributed by atoms with Crippen molar-refractivity contribution in [1.29, 1.82) is 0 Å². The van der Waals surface area contributed by atoms with Crippen molar-refractivity contribution in [2.24, 2.45) is 0 Å². The highest BCUT2D eigenvalue weighted by atomic mass is 32.2. The third-order valence-electron chi connectivity index (χ3n) is 4.10. The van der Waals surface area contributed by atoms with Crippen molar-refractivity contribution in [1.82, 2.24) is 15.3 Å². The minimum atomic E-state index is -2.99. The van der Waals surface area contributed by atoms with Gasteiger partial charge in [0.25, 0.3) is 5.91 Å². The van der Waals surface area contributed by atoms with E-state index in [2.05, 4.69) is 20.6 Å². The molecule has 1 aliphatic rings. The zero-order valence-electron chi connectivity index (χ0n) is 13.8. The van der Waals surface area contributed by atoms with Gasteiger partial charge >= 0.3 is 0 Å². The van der Waals surface area contributed by atoms with E-state index in [1.165, 1.54) is 12.3 Å². The smallest absolute Gasteiger partial charge is 0.270 e. The van der Waals surface area contributed by atoms with Gasteiger partial charge in [-0.1, -0.05) is 30.3 Å². The number of carbonyl (C=O) groups is 1. The summed E-state index contributed by atoms with van der Waals surface area (Å²) >= 11 is 0. The third kappa shape index (κ3) is 4.54. The van der Waals surface area contributed by atoms with E-state index < -0.39 is 9.84 Å². The molecule has 1 amide bonds. The quantitative estimate of drug-likeness (QED) is 0.839. The maximum absolute atomic E-state index is 12.4. The third-order valence-corrected chi connectivity index (χ3v) is 5.87. The molecule has 25 heavy (non-hydrogen) atoms. The second-order valence-corrected chi connectivity index (χ2v) is 8.34. The lowest BCUT2D eigenvalue weighted by atomic mass is 10.1. The molecule has 132 valence electrons. The Labute approximate surface area is 146 Å². The lowest BCUT2D eigenvalue weighted by Gasteiger charge is -2.15. The number of rotatable bonds is 5. The number of nitrogens with zero attached hydrogens (tertiary/aromatic N) is 2. The maximum Gasteiger partial charge on any atom is 0.270 e. The fourth-order valence-electron chi connectivity index (χ4n) is 2.74. The fraction of sp³-hybridized carbons (Fsp3) is 0.353. The first-order chi connectivity index (χ1) is 11.9. The van der Waals surface area contributed by atoms with Gasteiger partial charge in [0.05, 0.1) is 17.5 Å². The van der Waals surface area contributed by atoms with Gasteiger partial charge in [0.1, 0.15) is 5.69 Å². The number of hydrogen-bond donors (Lipinski definition) is 2. The predicted molar refractivity (Wildman–Crippen MR) is 95.0 cm³/mol. The average molecular weight is 360 g/mol. The first kappa shape index (κ1) is 17.3. The van der Waals surface area contributed by atoms with Crippen molar-refractivity contribution in [3.05, 3.63) is 53.9 Å². The summed E-state index contributed by atoms with van der Waals surface area (Å²) in [5, 5.41) is 5.89. The molecular weight excluding hydrogens is 340 g/mol. The number of carbonyl (C=O) groups excluding carboxylic acids is 1.